The molecule has 0 amide bonds. The highest BCUT2D eigenvalue weighted by Crippen LogP contribution is 2.45. The van der Waals surface area contributed by atoms with Crippen LogP contribution >= 0.6 is 0 Å². The molecular formula is C34H12F2N6O2. The van der Waals surface area contributed by atoms with Crippen LogP contribution in [-0.4, -0.2) is 28.7 Å². The second-order valence-corrected chi connectivity index (χ2v) is 11.3. The number of hydrogen-bond donors (Lipinski definition) is 0. The molecule has 0 fully saturated rings. The second-order valence-electron chi connectivity index (χ2n) is 11.3. The number of benzene rings is 5. The van der Waals surface area contributed by atoms with Crippen molar-refractivity contribution in [1.29, 1.82) is 0 Å². The molecule has 6 heterocycles. The van der Waals surface area contributed by atoms with Gasteiger partial charge in [-0.3, -0.25) is 28.4 Å². The van der Waals surface area contributed by atoms with E-state index in [2.05, 4.69) is 19.9 Å². The van der Waals surface area contributed by atoms with E-state index in [0.717, 1.165) is 66.3 Å². The molecule has 6 aromatic heterocycles. The van der Waals surface area contributed by atoms with Crippen LogP contribution < -0.4 is 11.1 Å². The highest BCUT2D eigenvalue weighted by atomic mass is 19.1. The molecule has 0 saturated carbocycles. The van der Waals surface area contributed by atoms with Crippen LogP contribution in [0.15, 0.2) is 82.9 Å². The number of imidazole rings is 2. The fourth-order valence-corrected chi connectivity index (χ4v) is 7.56. The summed E-state index contributed by atoms with van der Waals surface area (Å²) in [6, 6.07) is 15.3. The molecule has 11 aromatic rings. The van der Waals surface area contributed by atoms with Crippen molar-refractivity contribution < 1.29 is 8.78 Å². The Balaban J connectivity index is 1.39. The minimum Gasteiger partial charge on any atom is -0.268 e. The quantitative estimate of drug-likeness (QED) is 0.156. The predicted octanol–water partition coefficient (Wildman–Crippen LogP) is 6.31. The van der Waals surface area contributed by atoms with Crippen LogP contribution in [0.4, 0.5) is 8.78 Å². The SMILES string of the molecule is O=c1c2ccc3c4ccc5c6c(ccc(c7ccc(c2c37)c2nc3c(F)cncc3n12)c46)c(=O)n1c2cncc(F)c2nc51. The van der Waals surface area contributed by atoms with Gasteiger partial charge in [-0.25, -0.2) is 18.7 Å². The Labute approximate surface area is 241 Å². The highest BCUT2D eigenvalue weighted by molar-refractivity contribution is 6.40. The topological polar surface area (TPSA) is 94.5 Å². The summed E-state index contributed by atoms with van der Waals surface area (Å²) < 4.78 is 32.3. The van der Waals surface area contributed by atoms with Gasteiger partial charge in [0, 0.05) is 32.3 Å². The van der Waals surface area contributed by atoms with Gasteiger partial charge in [0.2, 0.25) is 0 Å². The summed E-state index contributed by atoms with van der Waals surface area (Å²) in [5.41, 5.74) is 0.973. The highest BCUT2D eigenvalue weighted by Gasteiger charge is 2.24. The van der Waals surface area contributed by atoms with Gasteiger partial charge in [0.05, 0.1) is 35.8 Å². The molecule has 0 radical (unpaired) electrons. The number of fused-ring (bicyclic) bond motifs is 10. The van der Waals surface area contributed by atoms with E-state index in [9.17, 15) is 18.4 Å². The zero-order valence-corrected chi connectivity index (χ0v) is 22.2. The minimum absolute atomic E-state index is 0.0941. The first-order valence-corrected chi connectivity index (χ1v) is 13.9. The molecule has 0 unspecified atom stereocenters. The summed E-state index contributed by atoms with van der Waals surface area (Å²) in [5, 5.41) is 9.35. The number of nitrogens with zero attached hydrogens (tertiary/aromatic N) is 6. The first kappa shape index (κ1) is 22.4. The van der Waals surface area contributed by atoms with Gasteiger partial charge in [-0.15, -0.1) is 0 Å². The predicted molar refractivity (Wildman–Crippen MR) is 166 cm³/mol. The summed E-state index contributed by atoms with van der Waals surface area (Å²) in [4.78, 5) is 44.9. The van der Waals surface area contributed by atoms with E-state index in [1.807, 2.05) is 36.4 Å². The van der Waals surface area contributed by atoms with Gasteiger partial charge in [0.25, 0.3) is 11.1 Å². The monoisotopic (exact) mass is 574 g/mol. The lowest BCUT2D eigenvalue weighted by Crippen LogP contribution is -2.14. The largest absolute Gasteiger partial charge is 0.268 e. The van der Waals surface area contributed by atoms with Gasteiger partial charge < -0.3 is 0 Å². The molecule has 0 bridgehead atoms. The lowest BCUT2D eigenvalue weighted by atomic mass is 9.86. The maximum Gasteiger partial charge on any atom is 0.264 e. The first-order valence-electron chi connectivity index (χ1n) is 13.9. The van der Waals surface area contributed by atoms with Crippen LogP contribution in [-0.2, 0) is 0 Å². The van der Waals surface area contributed by atoms with E-state index >= 15 is 0 Å². The van der Waals surface area contributed by atoms with Crippen molar-refractivity contribution in [3.8, 4) is 0 Å². The zero-order valence-electron chi connectivity index (χ0n) is 22.2. The Morgan fingerprint density at radius 1 is 0.455 bits per heavy atom. The number of hydrogen-bond acceptors (Lipinski definition) is 6. The molecule has 8 nitrogen and oxygen atoms in total. The molecule has 44 heavy (non-hydrogen) atoms. The number of pyridine rings is 4. The van der Waals surface area contributed by atoms with Crippen LogP contribution in [0, 0.1) is 11.6 Å². The zero-order chi connectivity index (χ0) is 29.2. The van der Waals surface area contributed by atoms with E-state index in [4.69, 9.17) is 0 Å². The Morgan fingerprint density at radius 2 is 0.795 bits per heavy atom. The Hall–Kier alpha value is -6.16. The molecule has 204 valence electrons. The Kier molecular flexibility index (Phi) is 3.60. The summed E-state index contributed by atoms with van der Waals surface area (Å²) in [6.45, 7) is 0. The second kappa shape index (κ2) is 7.07. The van der Waals surface area contributed by atoms with Crippen molar-refractivity contribution in [1.82, 2.24) is 28.7 Å². The molecule has 0 N–H and O–H groups in total. The van der Waals surface area contributed by atoms with E-state index in [1.165, 1.54) is 21.2 Å². The van der Waals surface area contributed by atoms with Crippen LogP contribution in [0.5, 0.6) is 0 Å². The smallest absolute Gasteiger partial charge is 0.264 e. The van der Waals surface area contributed by atoms with Crippen molar-refractivity contribution in [2.75, 3.05) is 0 Å². The Morgan fingerprint density at radius 3 is 1.20 bits per heavy atom. The molecule has 5 aromatic carbocycles. The normalized spacial score (nSPS) is 13.0. The molecule has 0 atom stereocenters. The number of halogens is 2. The van der Waals surface area contributed by atoms with Gasteiger partial charge in [-0.05, 0) is 56.6 Å². The number of rotatable bonds is 0. The van der Waals surface area contributed by atoms with E-state index in [1.54, 1.807) is 12.1 Å². The van der Waals surface area contributed by atoms with E-state index in [0.29, 0.717) is 33.1 Å². The van der Waals surface area contributed by atoms with Crippen LogP contribution in [0.1, 0.15) is 0 Å². The Bertz CT molecular complexity index is 3000. The van der Waals surface area contributed by atoms with Crippen molar-refractivity contribution in [2.24, 2.45) is 0 Å². The van der Waals surface area contributed by atoms with Crippen molar-refractivity contribution >= 4 is 98.0 Å². The van der Waals surface area contributed by atoms with Gasteiger partial charge in [-0.1, -0.05) is 24.3 Å². The molecule has 0 aliphatic rings. The molecule has 11 rings (SSSR count). The van der Waals surface area contributed by atoms with Crippen molar-refractivity contribution in [2.45, 2.75) is 0 Å². The minimum atomic E-state index is -0.591. The summed E-state index contributed by atoms with van der Waals surface area (Å²) in [7, 11) is 0. The molecule has 0 aliphatic heterocycles. The molecule has 10 heteroatoms. The molecular weight excluding hydrogens is 562 g/mol. The summed E-state index contributed by atoms with van der Waals surface area (Å²) >= 11 is 0. The molecule has 0 spiro atoms. The molecule has 0 aliphatic carbocycles. The van der Waals surface area contributed by atoms with Crippen molar-refractivity contribution in [3.63, 3.8) is 0 Å². The first-order chi connectivity index (χ1) is 21.5. The van der Waals surface area contributed by atoms with E-state index < -0.39 is 11.6 Å². The fourth-order valence-electron chi connectivity index (χ4n) is 7.56. The van der Waals surface area contributed by atoms with E-state index in [-0.39, 0.29) is 22.2 Å². The van der Waals surface area contributed by atoms with Crippen LogP contribution in [0.25, 0.3) is 98.0 Å². The third kappa shape index (κ3) is 2.29. The average molecular weight is 575 g/mol. The van der Waals surface area contributed by atoms with Crippen LogP contribution in [0.3, 0.4) is 0 Å². The van der Waals surface area contributed by atoms with Gasteiger partial charge >= 0.3 is 0 Å². The third-order valence-corrected chi connectivity index (χ3v) is 9.30. The summed E-state index contributed by atoms with van der Waals surface area (Å²) in [6.07, 6.45) is 5.10. The standard InChI is InChI=1S/C34H12F2N6O2/c35-21-9-37-11-23-29(21)39-31-17-5-1-13-15-3-7-20-28-18(32-40-30-22(36)10-38-12-24(30)42(32)34(20)44)6-2-14(26(15)28)16-4-8-19(27(17)25(13)16)33(43)41(23)31/h1-12H. The number of aromatic nitrogens is 6. The fraction of sp³-hybridized carbons (Fsp3) is 0. The summed E-state index contributed by atoms with van der Waals surface area (Å²) in [5.74, 6) is -1.18. The van der Waals surface area contributed by atoms with Gasteiger partial charge in [0.15, 0.2) is 11.6 Å². The lowest BCUT2D eigenvalue weighted by molar-refractivity contribution is 0.631. The van der Waals surface area contributed by atoms with Gasteiger partial charge in [-0.2, -0.15) is 0 Å². The van der Waals surface area contributed by atoms with Gasteiger partial charge in [0.1, 0.15) is 22.3 Å². The maximum absolute atomic E-state index is 14.7. The third-order valence-electron chi connectivity index (χ3n) is 9.30. The maximum atomic E-state index is 14.7. The lowest BCUT2D eigenvalue weighted by Gasteiger charge is -2.18. The van der Waals surface area contributed by atoms with Crippen molar-refractivity contribution in [3.05, 3.63) is 106 Å². The molecule has 0 saturated heterocycles. The average Bonchev–Trinajstić information content (AvgIpc) is 3.63. The van der Waals surface area contributed by atoms with Crippen LogP contribution in [0.2, 0.25) is 0 Å².